The first-order valence-electron chi connectivity index (χ1n) is 4.75. The van der Waals surface area contributed by atoms with Crippen LogP contribution in [-0.2, 0) is 14.3 Å². The largest absolute Gasteiger partial charge is 0.481 e. The lowest BCUT2D eigenvalue weighted by Crippen LogP contribution is -2.14. The van der Waals surface area contributed by atoms with Crippen molar-refractivity contribution in [2.45, 2.75) is 33.6 Å². The Balaban J connectivity index is 4.66. The third-order valence-electron chi connectivity index (χ3n) is 1.69. The Hall–Kier alpha value is -1.32. The number of hydrogen-bond acceptors (Lipinski definition) is 3. The van der Waals surface area contributed by atoms with Crippen molar-refractivity contribution in [3.63, 3.8) is 0 Å². The van der Waals surface area contributed by atoms with Gasteiger partial charge >= 0.3 is 11.9 Å². The van der Waals surface area contributed by atoms with Crippen LogP contribution in [0, 0.1) is 5.41 Å². The summed E-state index contributed by atoms with van der Waals surface area (Å²) in [7, 11) is 1.29. The molecule has 0 aliphatic rings. The Bertz CT molecular complexity index is 271. The SMILES string of the molecule is COC(=O)/C(=C/CC(=O)O)CC(C)(C)C. The molecule has 86 valence electrons. The van der Waals surface area contributed by atoms with Crippen molar-refractivity contribution in [1.29, 1.82) is 0 Å². The first-order chi connectivity index (χ1) is 6.76. The molecule has 0 saturated heterocycles. The molecule has 0 aromatic carbocycles. The predicted molar refractivity (Wildman–Crippen MR) is 56.4 cm³/mol. The minimum atomic E-state index is -0.953. The van der Waals surface area contributed by atoms with Crippen LogP contribution in [0.3, 0.4) is 0 Å². The van der Waals surface area contributed by atoms with Gasteiger partial charge < -0.3 is 9.84 Å². The molecule has 0 aromatic heterocycles. The van der Waals surface area contributed by atoms with Gasteiger partial charge in [0.05, 0.1) is 13.5 Å². The standard InChI is InChI=1S/C11H18O4/c1-11(2,3)7-8(10(14)15-4)5-6-9(12)13/h5H,6-7H2,1-4H3,(H,12,13)/b8-5+. The maximum Gasteiger partial charge on any atom is 0.333 e. The van der Waals surface area contributed by atoms with Crippen LogP contribution in [0.15, 0.2) is 11.6 Å². The van der Waals surface area contributed by atoms with E-state index in [4.69, 9.17) is 5.11 Å². The lowest BCUT2D eigenvalue weighted by atomic mass is 9.87. The van der Waals surface area contributed by atoms with E-state index in [1.165, 1.54) is 13.2 Å². The molecule has 0 radical (unpaired) electrons. The molecule has 1 N–H and O–H groups in total. The number of carboxylic acid groups (broad SMARTS) is 1. The van der Waals surface area contributed by atoms with Gasteiger partial charge in [0.1, 0.15) is 0 Å². The number of carboxylic acids is 1. The number of carbonyl (C=O) groups is 2. The third kappa shape index (κ3) is 6.71. The zero-order valence-electron chi connectivity index (χ0n) is 9.66. The molecular formula is C11H18O4. The van der Waals surface area contributed by atoms with Crippen LogP contribution in [0.4, 0.5) is 0 Å². The highest BCUT2D eigenvalue weighted by Gasteiger charge is 2.18. The number of ether oxygens (including phenoxy) is 1. The lowest BCUT2D eigenvalue weighted by molar-refractivity contribution is -0.136. The van der Waals surface area contributed by atoms with E-state index in [1.807, 2.05) is 20.8 Å². The van der Waals surface area contributed by atoms with Crippen molar-refractivity contribution in [2.75, 3.05) is 7.11 Å². The van der Waals surface area contributed by atoms with Crippen molar-refractivity contribution in [1.82, 2.24) is 0 Å². The van der Waals surface area contributed by atoms with Gasteiger partial charge in [0.2, 0.25) is 0 Å². The van der Waals surface area contributed by atoms with Crippen LogP contribution < -0.4 is 0 Å². The van der Waals surface area contributed by atoms with Gasteiger partial charge in [0, 0.05) is 5.57 Å². The third-order valence-corrected chi connectivity index (χ3v) is 1.69. The van der Waals surface area contributed by atoms with E-state index in [2.05, 4.69) is 4.74 Å². The van der Waals surface area contributed by atoms with Gasteiger partial charge in [0.25, 0.3) is 0 Å². The normalized spacial score (nSPS) is 12.4. The summed E-state index contributed by atoms with van der Waals surface area (Å²) in [6, 6.07) is 0. The van der Waals surface area contributed by atoms with E-state index in [1.54, 1.807) is 0 Å². The van der Waals surface area contributed by atoms with Crippen molar-refractivity contribution in [3.8, 4) is 0 Å². The molecule has 0 rings (SSSR count). The molecule has 0 heterocycles. The van der Waals surface area contributed by atoms with Gasteiger partial charge in [-0.3, -0.25) is 4.79 Å². The molecule has 15 heavy (non-hydrogen) atoms. The van der Waals surface area contributed by atoms with Gasteiger partial charge in [-0.25, -0.2) is 4.79 Å². The van der Waals surface area contributed by atoms with Gasteiger partial charge in [-0.1, -0.05) is 26.8 Å². The molecule has 0 atom stereocenters. The second-order valence-corrected chi connectivity index (χ2v) is 4.56. The molecule has 0 bridgehead atoms. The van der Waals surface area contributed by atoms with Crippen LogP contribution in [0.1, 0.15) is 33.6 Å². The fourth-order valence-corrected chi connectivity index (χ4v) is 1.14. The number of rotatable bonds is 4. The smallest absolute Gasteiger partial charge is 0.333 e. The Morgan fingerprint density at radius 1 is 1.33 bits per heavy atom. The van der Waals surface area contributed by atoms with Gasteiger partial charge in [-0.2, -0.15) is 0 Å². The summed E-state index contributed by atoms with van der Waals surface area (Å²) in [5.74, 6) is -1.41. The molecule has 0 saturated carbocycles. The van der Waals surface area contributed by atoms with Gasteiger partial charge in [-0.15, -0.1) is 0 Å². The van der Waals surface area contributed by atoms with Crippen LogP contribution in [0.25, 0.3) is 0 Å². The maximum absolute atomic E-state index is 11.3. The van der Waals surface area contributed by atoms with Crippen LogP contribution in [0.5, 0.6) is 0 Å². The zero-order valence-corrected chi connectivity index (χ0v) is 9.66. The van der Waals surface area contributed by atoms with E-state index in [9.17, 15) is 9.59 Å². The summed E-state index contributed by atoms with van der Waals surface area (Å²) in [5.41, 5.74) is 0.353. The van der Waals surface area contributed by atoms with Crippen LogP contribution >= 0.6 is 0 Å². The fraction of sp³-hybridized carbons (Fsp3) is 0.636. The summed E-state index contributed by atoms with van der Waals surface area (Å²) in [5, 5.41) is 8.52. The highest BCUT2D eigenvalue weighted by atomic mass is 16.5. The summed E-state index contributed by atoms with van der Waals surface area (Å²) in [6.45, 7) is 5.93. The average molecular weight is 214 g/mol. The van der Waals surface area contributed by atoms with E-state index in [0.29, 0.717) is 12.0 Å². The minimum Gasteiger partial charge on any atom is -0.481 e. The van der Waals surface area contributed by atoms with Crippen LogP contribution in [-0.4, -0.2) is 24.2 Å². The van der Waals surface area contributed by atoms with Crippen LogP contribution in [0.2, 0.25) is 0 Å². The van der Waals surface area contributed by atoms with Gasteiger partial charge in [0.15, 0.2) is 0 Å². The summed E-state index contributed by atoms with van der Waals surface area (Å²) >= 11 is 0. The summed E-state index contributed by atoms with van der Waals surface area (Å²) < 4.78 is 4.59. The first kappa shape index (κ1) is 13.7. The Labute approximate surface area is 89.9 Å². The molecule has 0 spiro atoms. The number of hydrogen-bond donors (Lipinski definition) is 1. The number of esters is 1. The summed E-state index contributed by atoms with van der Waals surface area (Å²) in [6.07, 6.45) is 1.77. The molecule has 4 nitrogen and oxygen atoms in total. The van der Waals surface area contributed by atoms with Crippen molar-refractivity contribution >= 4 is 11.9 Å². The number of methoxy groups -OCH3 is 1. The zero-order chi connectivity index (χ0) is 12.1. The molecule has 0 aliphatic carbocycles. The van der Waals surface area contributed by atoms with E-state index in [-0.39, 0.29) is 11.8 Å². The minimum absolute atomic E-state index is 0.0709. The molecule has 0 fully saturated rings. The molecule has 0 amide bonds. The van der Waals surface area contributed by atoms with E-state index >= 15 is 0 Å². The molecule has 0 unspecified atom stereocenters. The number of carbonyl (C=O) groups excluding carboxylic acids is 1. The predicted octanol–water partition coefficient (Wildman–Crippen LogP) is 2.00. The van der Waals surface area contributed by atoms with Gasteiger partial charge in [-0.05, 0) is 11.8 Å². The second-order valence-electron chi connectivity index (χ2n) is 4.56. The Morgan fingerprint density at radius 3 is 2.20 bits per heavy atom. The van der Waals surface area contributed by atoms with E-state index < -0.39 is 11.9 Å². The molecular weight excluding hydrogens is 196 g/mol. The highest BCUT2D eigenvalue weighted by Crippen LogP contribution is 2.24. The molecule has 0 aromatic rings. The summed E-state index contributed by atoms with van der Waals surface area (Å²) in [4.78, 5) is 21.7. The second kappa shape index (κ2) is 5.53. The first-order valence-corrected chi connectivity index (χ1v) is 4.75. The van der Waals surface area contributed by atoms with Crippen molar-refractivity contribution in [2.24, 2.45) is 5.41 Å². The quantitative estimate of drug-likeness (QED) is 0.574. The maximum atomic E-state index is 11.3. The van der Waals surface area contributed by atoms with Crippen molar-refractivity contribution < 1.29 is 19.4 Å². The monoisotopic (exact) mass is 214 g/mol. The fourth-order valence-electron chi connectivity index (χ4n) is 1.14. The van der Waals surface area contributed by atoms with Crippen molar-refractivity contribution in [3.05, 3.63) is 11.6 Å². The Morgan fingerprint density at radius 2 is 1.87 bits per heavy atom. The van der Waals surface area contributed by atoms with E-state index in [0.717, 1.165) is 0 Å². The molecule has 0 aliphatic heterocycles. The lowest BCUT2D eigenvalue weighted by Gasteiger charge is -2.19. The highest BCUT2D eigenvalue weighted by molar-refractivity contribution is 5.89. The molecule has 4 heteroatoms. The average Bonchev–Trinajstić information content (AvgIpc) is 2.08. The number of aliphatic carboxylic acids is 1. The Kier molecular flexibility index (Phi) is 5.05. The topological polar surface area (TPSA) is 63.6 Å².